The summed E-state index contributed by atoms with van der Waals surface area (Å²) < 4.78 is 11.9. The largest absolute Gasteiger partial charge is 0.495 e. The standard InChI is InChI=1S/C12H16N2O2S/c1-7(2)6-16-8-4-5-9(15-3)11-10(8)14-12(13)17-11/h4-5,7H,6H2,1-3H3,(H2,13,14). The van der Waals surface area contributed by atoms with Crippen LogP contribution >= 0.6 is 11.3 Å². The van der Waals surface area contributed by atoms with Crippen LogP contribution < -0.4 is 15.2 Å². The average molecular weight is 252 g/mol. The van der Waals surface area contributed by atoms with E-state index in [1.54, 1.807) is 7.11 Å². The maximum atomic E-state index is 5.74. The molecule has 0 bridgehead atoms. The topological polar surface area (TPSA) is 57.4 Å². The predicted molar refractivity (Wildman–Crippen MR) is 70.9 cm³/mol. The molecule has 5 heteroatoms. The number of rotatable bonds is 4. The van der Waals surface area contributed by atoms with Gasteiger partial charge in [0.1, 0.15) is 21.7 Å². The fourth-order valence-electron chi connectivity index (χ4n) is 1.51. The van der Waals surface area contributed by atoms with Gasteiger partial charge in [0.25, 0.3) is 0 Å². The lowest BCUT2D eigenvalue weighted by Gasteiger charge is -2.10. The average Bonchev–Trinajstić information content (AvgIpc) is 2.67. The van der Waals surface area contributed by atoms with Gasteiger partial charge in [0, 0.05) is 0 Å². The van der Waals surface area contributed by atoms with Crippen molar-refractivity contribution in [2.75, 3.05) is 19.5 Å². The van der Waals surface area contributed by atoms with E-state index in [-0.39, 0.29) is 0 Å². The van der Waals surface area contributed by atoms with Gasteiger partial charge in [0.15, 0.2) is 5.13 Å². The zero-order valence-electron chi connectivity index (χ0n) is 10.2. The van der Waals surface area contributed by atoms with Gasteiger partial charge in [-0.3, -0.25) is 0 Å². The van der Waals surface area contributed by atoms with E-state index in [9.17, 15) is 0 Å². The van der Waals surface area contributed by atoms with Crippen molar-refractivity contribution < 1.29 is 9.47 Å². The molecule has 0 aliphatic carbocycles. The molecule has 0 fully saturated rings. The molecular weight excluding hydrogens is 236 g/mol. The third kappa shape index (κ3) is 2.44. The molecule has 0 aliphatic heterocycles. The SMILES string of the molecule is COc1ccc(OCC(C)C)c2nc(N)sc12. The Morgan fingerprint density at radius 3 is 2.71 bits per heavy atom. The Bertz CT molecular complexity index is 522. The second-order valence-electron chi connectivity index (χ2n) is 4.20. The third-order valence-corrected chi connectivity index (χ3v) is 3.18. The highest BCUT2D eigenvalue weighted by Crippen LogP contribution is 2.37. The van der Waals surface area contributed by atoms with Gasteiger partial charge >= 0.3 is 0 Å². The van der Waals surface area contributed by atoms with Gasteiger partial charge in [-0.05, 0) is 18.1 Å². The van der Waals surface area contributed by atoms with Crippen molar-refractivity contribution in [3.8, 4) is 11.5 Å². The second-order valence-corrected chi connectivity index (χ2v) is 5.23. The van der Waals surface area contributed by atoms with Gasteiger partial charge in [0.2, 0.25) is 0 Å². The maximum Gasteiger partial charge on any atom is 0.181 e. The molecule has 0 unspecified atom stereocenters. The Labute approximate surface area is 104 Å². The molecule has 0 radical (unpaired) electrons. The summed E-state index contributed by atoms with van der Waals surface area (Å²) in [4.78, 5) is 4.29. The van der Waals surface area contributed by atoms with Crippen LogP contribution in [0.3, 0.4) is 0 Å². The van der Waals surface area contributed by atoms with Crippen LogP contribution in [-0.2, 0) is 0 Å². The Balaban J connectivity index is 2.43. The molecular formula is C12H16N2O2S. The van der Waals surface area contributed by atoms with Crippen LogP contribution in [0.1, 0.15) is 13.8 Å². The van der Waals surface area contributed by atoms with Gasteiger partial charge < -0.3 is 15.2 Å². The minimum Gasteiger partial charge on any atom is -0.495 e. The molecule has 1 heterocycles. The van der Waals surface area contributed by atoms with Gasteiger partial charge in [-0.1, -0.05) is 25.2 Å². The first-order chi connectivity index (χ1) is 8.11. The number of nitrogens with two attached hydrogens (primary N) is 1. The number of nitrogens with zero attached hydrogens (tertiary/aromatic N) is 1. The van der Waals surface area contributed by atoms with E-state index < -0.39 is 0 Å². The van der Waals surface area contributed by atoms with Crippen LogP contribution in [0, 0.1) is 5.92 Å². The number of methoxy groups -OCH3 is 1. The minimum absolute atomic E-state index is 0.475. The lowest BCUT2D eigenvalue weighted by atomic mass is 10.2. The fourth-order valence-corrected chi connectivity index (χ4v) is 2.35. The van der Waals surface area contributed by atoms with Gasteiger partial charge in [-0.25, -0.2) is 4.98 Å². The number of thiazole rings is 1. The molecule has 0 spiro atoms. The molecule has 4 nitrogen and oxygen atoms in total. The zero-order chi connectivity index (χ0) is 12.4. The number of ether oxygens (including phenoxy) is 2. The van der Waals surface area contributed by atoms with Crippen molar-refractivity contribution in [3.05, 3.63) is 12.1 Å². The third-order valence-electron chi connectivity index (χ3n) is 2.28. The molecule has 92 valence electrons. The number of hydrogen-bond acceptors (Lipinski definition) is 5. The van der Waals surface area contributed by atoms with Crippen LogP contribution in [0.25, 0.3) is 10.2 Å². The van der Waals surface area contributed by atoms with E-state index in [1.807, 2.05) is 12.1 Å². The second kappa shape index (κ2) is 4.79. The van der Waals surface area contributed by atoms with Crippen molar-refractivity contribution in [2.24, 2.45) is 5.92 Å². The summed E-state index contributed by atoms with van der Waals surface area (Å²) in [5.74, 6) is 2.02. The highest BCUT2D eigenvalue weighted by Gasteiger charge is 2.13. The monoisotopic (exact) mass is 252 g/mol. The normalized spacial score (nSPS) is 11.1. The fraction of sp³-hybridized carbons (Fsp3) is 0.417. The van der Waals surface area contributed by atoms with Crippen molar-refractivity contribution >= 4 is 26.7 Å². The summed E-state index contributed by atoms with van der Waals surface area (Å²) in [5.41, 5.74) is 6.52. The number of nitrogen functional groups attached to an aromatic ring is 1. The van der Waals surface area contributed by atoms with Crippen molar-refractivity contribution in [1.29, 1.82) is 0 Å². The molecule has 0 saturated carbocycles. The van der Waals surface area contributed by atoms with E-state index in [2.05, 4.69) is 18.8 Å². The van der Waals surface area contributed by atoms with E-state index in [4.69, 9.17) is 15.2 Å². The maximum absolute atomic E-state index is 5.74. The molecule has 0 aliphatic rings. The number of anilines is 1. The van der Waals surface area contributed by atoms with Crippen LogP contribution in [0.5, 0.6) is 11.5 Å². The molecule has 2 aromatic rings. The van der Waals surface area contributed by atoms with Crippen LogP contribution in [-0.4, -0.2) is 18.7 Å². The summed E-state index contributed by atoms with van der Waals surface area (Å²) in [5, 5.41) is 0.527. The summed E-state index contributed by atoms with van der Waals surface area (Å²) >= 11 is 1.41. The lowest BCUT2D eigenvalue weighted by molar-refractivity contribution is 0.273. The predicted octanol–water partition coefficient (Wildman–Crippen LogP) is 2.92. The highest BCUT2D eigenvalue weighted by atomic mass is 32.1. The van der Waals surface area contributed by atoms with E-state index in [1.165, 1.54) is 11.3 Å². The molecule has 17 heavy (non-hydrogen) atoms. The molecule has 1 aromatic carbocycles. The van der Waals surface area contributed by atoms with Gasteiger partial charge in [0.05, 0.1) is 13.7 Å². The van der Waals surface area contributed by atoms with Crippen molar-refractivity contribution in [2.45, 2.75) is 13.8 Å². The molecule has 0 atom stereocenters. The Morgan fingerprint density at radius 1 is 1.35 bits per heavy atom. The molecule has 1 aromatic heterocycles. The number of hydrogen-bond donors (Lipinski definition) is 1. The van der Waals surface area contributed by atoms with E-state index in [0.717, 1.165) is 21.7 Å². The Kier molecular flexibility index (Phi) is 3.38. The first-order valence-corrected chi connectivity index (χ1v) is 6.29. The first-order valence-electron chi connectivity index (χ1n) is 5.47. The quantitative estimate of drug-likeness (QED) is 0.909. The van der Waals surface area contributed by atoms with Crippen molar-refractivity contribution in [1.82, 2.24) is 4.98 Å². The summed E-state index contributed by atoms with van der Waals surface area (Å²) in [6.07, 6.45) is 0. The van der Waals surface area contributed by atoms with Crippen LogP contribution in [0.2, 0.25) is 0 Å². The summed E-state index contributed by atoms with van der Waals surface area (Å²) in [7, 11) is 1.64. The number of benzene rings is 1. The number of aromatic nitrogens is 1. The van der Waals surface area contributed by atoms with E-state index in [0.29, 0.717) is 17.7 Å². The molecule has 0 saturated heterocycles. The van der Waals surface area contributed by atoms with Crippen molar-refractivity contribution in [3.63, 3.8) is 0 Å². The van der Waals surface area contributed by atoms with Crippen LogP contribution in [0.15, 0.2) is 12.1 Å². The van der Waals surface area contributed by atoms with Crippen LogP contribution in [0.4, 0.5) is 5.13 Å². The Morgan fingerprint density at radius 2 is 2.06 bits per heavy atom. The molecule has 2 N–H and O–H groups in total. The Hall–Kier alpha value is -1.49. The summed E-state index contributed by atoms with van der Waals surface area (Å²) in [6.45, 7) is 4.88. The lowest BCUT2D eigenvalue weighted by Crippen LogP contribution is -2.04. The van der Waals surface area contributed by atoms with Gasteiger partial charge in [-0.2, -0.15) is 0 Å². The highest BCUT2D eigenvalue weighted by molar-refractivity contribution is 7.22. The zero-order valence-corrected chi connectivity index (χ0v) is 11.0. The molecule has 2 rings (SSSR count). The number of fused-ring (bicyclic) bond motifs is 1. The van der Waals surface area contributed by atoms with Gasteiger partial charge in [-0.15, -0.1) is 0 Å². The van der Waals surface area contributed by atoms with E-state index >= 15 is 0 Å². The minimum atomic E-state index is 0.475. The molecule has 0 amide bonds. The first kappa shape index (κ1) is 12.0. The summed E-state index contributed by atoms with van der Waals surface area (Å²) in [6, 6.07) is 3.76. The smallest absolute Gasteiger partial charge is 0.181 e.